The first-order valence-electron chi connectivity index (χ1n) is 11.7. The Morgan fingerprint density at radius 1 is 1.16 bits per heavy atom. The van der Waals surface area contributed by atoms with Gasteiger partial charge in [0.1, 0.15) is 5.76 Å². The Bertz CT molecular complexity index is 844. The first-order chi connectivity index (χ1) is 15.1. The fourth-order valence-electron chi connectivity index (χ4n) is 4.82. The number of aliphatic imine (C=N–C) groups is 1. The summed E-state index contributed by atoms with van der Waals surface area (Å²) in [6, 6.07) is 10.9. The lowest BCUT2D eigenvalue weighted by molar-refractivity contribution is 0.164. The van der Waals surface area contributed by atoms with Gasteiger partial charge >= 0.3 is 0 Å². The van der Waals surface area contributed by atoms with E-state index in [0.29, 0.717) is 5.92 Å². The van der Waals surface area contributed by atoms with Crippen LogP contribution in [0.1, 0.15) is 55.0 Å². The van der Waals surface area contributed by atoms with Gasteiger partial charge in [0, 0.05) is 25.6 Å². The smallest absolute Gasteiger partial charge is 0.208 e. The number of benzene rings is 1. The summed E-state index contributed by atoms with van der Waals surface area (Å²) in [4.78, 5) is 11.4. The normalized spacial score (nSPS) is 19.8. The molecule has 6 heteroatoms. The maximum absolute atomic E-state index is 5.75. The standard InChI is InChI=1S/C25H37N5O/c1-19-20(2)31-23(29-19)17-30-14-10-21(11-15-30)16-27-24(26-3)28-18-25(12-7-13-25)22-8-5-4-6-9-22/h4-6,8-9,21H,7,10-18H2,1-3H3,(H2,26,27,28). The zero-order valence-electron chi connectivity index (χ0n) is 19.3. The molecule has 168 valence electrons. The number of hydrogen-bond acceptors (Lipinski definition) is 4. The molecule has 2 aromatic rings. The van der Waals surface area contributed by atoms with Gasteiger partial charge in [-0.25, -0.2) is 4.98 Å². The molecule has 1 aromatic heterocycles. The molecule has 2 heterocycles. The number of aryl methyl sites for hydroxylation is 2. The molecule has 31 heavy (non-hydrogen) atoms. The fourth-order valence-corrected chi connectivity index (χ4v) is 4.82. The van der Waals surface area contributed by atoms with Gasteiger partial charge in [0.15, 0.2) is 5.96 Å². The number of nitrogens with one attached hydrogen (secondary N) is 2. The zero-order valence-corrected chi connectivity index (χ0v) is 19.3. The molecule has 0 bridgehead atoms. The highest BCUT2D eigenvalue weighted by molar-refractivity contribution is 5.79. The van der Waals surface area contributed by atoms with Crippen LogP contribution in [-0.2, 0) is 12.0 Å². The van der Waals surface area contributed by atoms with Gasteiger partial charge in [0.25, 0.3) is 0 Å². The summed E-state index contributed by atoms with van der Waals surface area (Å²) in [5.41, 5.74) is 2.72. The number of hydrogen-bond donors (Lipinski definition) is 2. The van der Waals surface area contributed by atoms with Crippen LogP contribution in [0.2, 0.25) is 0 Å². The van der Waals surface area contributed by atoms with Crippen LogP contribution in [0.25, 0.3) is 0 Å². The summed E-state index contributed by atoms with van der Waals surface area (Å²) in [5, 5.41) is 7.18. The largest absolute Gasteiger partial charge is 0.444 e. The molecule has 0 unspecified atom stereocenters. The molecule has 1 aromatic carbocycles. The lowest BCUT2D eigenvalue weighted by atomic mass is 9.64. The Balaban J connectivity index is 1.20. The molecule has 6 nitrogen and oxygen atoms in total. The number of piperidine rings is 1. The van der Waals surface area contributed by atoms with Crippen molar-refractivity contribution in [1.82, 2.24) is 20.5 Å². The number of aromatic nitrogens is 1. The van der Waals surface area contributed by atoms with Crippen molar-refractivity contribution in [3.8, 4) is 0 Å². The second-order valence-corrected chi connectivity index (χ2v) is 9.28. The minimum Gasteiger partial charge on any atom is -0.444 e. The van der Waals surface area contributed by atoms with Gasteiger partial charge in [0.05, 0.1) is 12.2 Å². The first kappa shape index (κ1) is 21.9. The zero-order chi connectivity index (χ0) is 21.7. The van der Waals surface area contributed by atoms with E-state index in [1.54, 1.807) is 0 Å². The minimum atomic E-state index is 0.265. The Kier molecular flexibility index (Phi) is 6.96. The van der Waals surface area contributed by atoms with Crippen molar-refractivity contribution in [3.63, 3.8) is 0 Å². The Morgan fingerprint density at radius 2 is 1.90 bits per heavy atom. The summed E-state index contributed by atoms with van der Waals surface area (Å²) in [6.07, 6.45) is 6.20. The summed E-state index contributed by atoms with van der Waals surface area (Å²) < 4.78 is 5.75. The van der Waals surface area contributed by atoms with Crippen LogP contribution in [-0.4, -0.2) is 49.1 Å². The van der Waals surface area contributed by atoms with E-state index in [2.05, 4.69) is 55.8 Å². The number of likely N-dealkylation sites (tertiary alicyclic amines) is 1. The number of oxazole rings is 1. The maximum Gasteiger partial charge on any atom is 0.208 e. The van der Waals surface area contributed by atoms with Crippen LogP contribution in [0.3, 0.4) is 0 Å². The van der Waals surface area contributed by atoms with Crippen molar-refractivity contribution in [2.45, 2.75) is 57.9 Å². The van der Waals surface area contributed by atoms with E-state index >= 15 is 0 Å². The van der Waals surface area contributed by atoms with Gasteiger partial charge in [-0.1, -0.05) is 36.8 Å². The van der Waals surface area contributed by atoms with Crippen molar-refractivity contribution in [2.75, 3.05) is 33.2 Å². The molecule has 0 atom stereocenters. The molecule has 4 rings (SSSR count). The van der Waals surface area contributed by atoms with Gasteiger partial charge < -0.3 is 15.1 Å². The molecule has 0 radical (unpaired) electrons. The quantitative estimate of drug-likeness (QED) is 0.524. The molecule has 1 saturated carbocycles. The van der Waals surface area contributed by atoms with Crippen molar-refractivity contribution < 1.29 is 4.42 Å². The summed E-state index contributed by atoms with van der Waals surface area (Å²) in [5.74, 6) is 3.38. The number of guanidine groups is 1. The molecular weight excluding hydrogens is 386 g/mol. The topological polar surface area (TPSA) is 65.7 Å². The molecule has 1 aliphatic carbocycles. The highest BCUT2D eigenvalue weighted by Gasteiger charge is 2.38. The third kappa shape index (κ3) is 5.29. The highest BCUT2D eigenvalue weighted by atomic mass is 16.4. The average molecular weight is 424 g/mol. The van der Waals surface area contributed by atoms with Crippen molar-refractivity contribution in [1.29, 1.82) is 0 Å². The van der Waals surface area contributed by atoms with E-state index in [4.69, 9.17) is 4.42 Å². The van der Waals surface area contributed by atoms with E-state index in [1.807, 2.05) is 20.9 Å². The van der Waals surface area contributed by atoms with Crippen LogP contribution in [0.4, 0.5) is 0 Å². The van der Waals surface area contributed by atoms with Crippen LogP contribution >= 0.6 is 0 Å². The molecule has 2 N–H and O–H groups in total. The second kappa shape index (κ2) is 9.86. The molecule has 2 fully saturated rings. The number of rotatable bonds is 7. The van der Waals surface area contributed by atoms with Crippen molar-refractivity contribution >= 4 is 5.96 Å². The van der Waals surface area contributed by atoms with Crippen molar-refractivity contribution in [2.24, 2.45) is 10.9 Å². The first-order valence-corrected chi connectivity index (χ1v) is 11.7. The molecule has 2 aliphatic rings. The maximum atomic E-state index is 5.75. The van der Waals surface area contributed by atoms with E-state index in [-0.39, 0.29) is 5.41 Å². The molecule has 0 amide bonds. The molecule has 1 saturated heterocycles. The van der Waals surface area contributed by atoms with Crippen molar-refractivity contribution in [3.05, 3.63) is 53.2 Å². The monoisotopic (exact) mass is 423 g/mol. The molecule has 1 aliphatic heterocycles. The fraction of sp³-hybridized carbons (Fsp3) is 0.600. The lowest BCUT2D eigenvalue weighted by Crippen LogP contribution is -2.50. The van der Waals surface area contributed by atoms with E-state index in [0.717, 1.165) is 56.0 Å². The van der Waals surface area contributed by atoms with Gasteiger partial charge in [0.2, 0.25) is 5.89 Å². The average Bonchev–Trinajstić information content (AvgIpc) is 3.08. The predicted molar refractivity (Wildman–Crippen MR) is 125 cm³/mol. The second-order valence-electron chi connectivity index (χ2n) is 9.28. The van der Waals surface area contributed by atoms with Gasteiger partial charge in [-0.15, -0.1) is 0 Å². The molecule has 0 spiro atoms. The third-order valence-corrected chi connectivity index (χ3v) is 7.21. The third-order valence-electron chi connectivity index (χ3n) is 7.21. The summed E-state index contributed by atoms with van der Waals surface area (Å²) in [6.45, 7) is 8.92. The summed E-state index contributed by atoms with van der Waals surface area (Å²) >= 11 is 0. The Labute approximate surface area is 186 Å². The lowest BCUT2D eigenvalue weighted by Gasteiger charge is -2.43. The number of nitrogens with zero attached hydrogens (tertiary/aromatic N) is 3. The van der Waals surface area contributed by atoms with Crippen LogP contribution in [0.15, 0.2) is 39.7 Å². The van der Waals surface area contributed by atoms with Crippen LogP contribution < -0.4 is 10.6 Å². The van der Waals surface area contributed by atoms with Gasteiger partial charge in [-0.2, -0.15) is 0 Å². The van der Waals surface area contributed by atoms with Crippen LogP contribution in [0, 0.1) is 19.8 Å². The van der Waals surface area contributed by atoms with E-state index in [9.17, 15) is 0 Å². The van der Waals surface area contributed by atoms with Crippen LogP contribution in [0.5, 0.6) is 0 Å². The van der Waals surface area contributed by atoms with Gasteiger partial charge in [-0.05, 0) is 64.1 Å². The Hall–Kier alpha value is -2.34. The summed E-state index contributed by atoms with van der Waals surface area (Å²) in [7, 11) is 1.87. The Morgan fingerprint density at radius 3 is 2.48 bits per heavy atom. The predicted octanol–water partition coefficient (Wildman–Crippen LogP) is 3.79. The SMILES string of the molecule is CN=C(NCC1CCN(Cc2nc(C)c(C)o2)CC1)NCC1(c2ccccc2)CCC1. The van der Waals surface area contributed by atoms with E-state index < -0.39 is 0 Å². The highest BCUT2D eigenvalue weighted by Crippen LogP contribution is 2.43. The molecular formula is C25H37N5O. The minimum absolute atomic E-state index is 0.265. The van der Waals surface area contributed by atoms with E-state index in [1.165, 1.54) is 37.7 Å². The van der Waals surface area contributed by atoms with Gasteiger partial charge in [-0.3, -0.25) is 9.89 Å².